The molecule has 3 rings (SSSR count). The summed E-state index contributed by atoms with van der Waals surface area (Å²) in [5, 5.41) is 2.98. The van der Waals surface area contributed by atoms with Crippen LogP contribution >= 0.6 is 0 Å². The molecular formula is C30H36FN3O4S. The first-order valence-corrected chi connectivity index (χ1v) is 14.5. The topological polar surface area (TPSA) is 86.8 Å². The Morgan fingerprint density at radius 3 is 2.03 bits per heavy atom. The predicted octanol–water partition coefficient (Wildman–Crippen LogP) is 4.45. The molecule has 3 aromatic rings. The van der Waals surface area contributed by atoms with Crippen molar-refractivity contribution in [3.05, 3.63) is 101 Å². The monoisotopic (exact) mass is 553 g/mol. The number of carbonyl (C=O) groups excluding carboxylic acids is 2. The highest BCUT2D eigenvalue weighted by Crippen LogP contribution is 2.21. The summed E-state index contributed by atoms with van der Waals surface area (Å²) in [6.07, 6.45) is 1.22. The Labute approximate surface area is 230 Å². The second kappa shape index (κ2) is 12.4. The summed E-state index contributed by atoms with van der Waals surface area (Å²) in [5.74, 6) is -1.43. The Kier molecular flexibility index (Phi) is 9.50. The minimum absolute atomic E-state index is 0.0925. The number of amides is 2. The third-order valence-electron chi connectivity index (χ3n) is 6.04. The van der Waals surface area contributed by atoms with E-state index in [9.17, 15) is 22.4 Å². The van der Waals surface area contributed by atoms with Crippen molar-refractivity contribution in [3.8, 4) is 0 Å². The third-order valence-corrected chi connectivity index (χ3v) is 7.18. The van der Waals surface area contributed by atoms with E-state index in [4.69, 9.17) is 0 Å². The van der Waals surface area contributed by atoms with Crippen LogP contribution in [0.2, 0.25) is 0 Å². The average molecular weight is 554 g/mol. The molecule has 0 fully saturated rings. The van der Waals surface area contributed by atoms with Crippen LogP contribution in [0.25, 0.3) is 0 Å². The van der Waals surface area contributed by atoms with Gasteiger partial charge in [0, 0.05) is 18.5 Å². The lowest BCUT2D eigenvalue weighted by molar-refractivity contribution is -0.140. The van der Waals surface area contributed by atoms with Gasteiger partial charge in [0.15, 0.2) is 0 Å². The number of rotatable bonds is 10. The Morgan fingerprint density at radius 1 is 0.897 bits per heavy atom. The van der Waals surface area contributed by atoms with Gasteiger partial charge in [0.2, 0.25) is 21.8 Å². The molecule has 0 aliphatic rings. The first-order chi connectivity index (χ1) is 18.2. The molecule has 0 bridgehead atoms. The molecule has 0 aliphatic heterocycles. The molecule has 39 heavy (non-hydrogen) atoms. The molecular weight excluding hydrogens is 517 g/mol. The molecule has 2 amide bonds. The van der Waals surface area contributed by atoms with Crippen molar-refractivity contribution in [1.29, 1.82) is 0 Å². The number of halogens is 1. The van der Waals surface area contributed by atoms with Crippen LogP contribution in [-0.4, -0.2) is 49.5 Å². The third kappa shape index (κ3) is 8.92. The number of anilines is 1. The van der Waals surface area contributed by atoms with Crippen molar-refractivity contribution < 1.29 is 22.4 Å². The van der Waals surface area contributed by atoms with E-state index in [1.807, 2.05) is 82.3 Å². The van der Waals surface area contributed by atoms with E-state index < -0.39 is 39.9 Å². The minimum Gasteiger partial charge on any atom is -0.350 e. The second-order valence-electron chi connectivity index (χ2n) is 10.7. The Morgan fingerprint density at radius 2 is 1.49 bits per heavy atom. The van der Waals surface area contributed by atoms with Gasteiger partial charge in [-0.25, -0.2) is 12.8 Å². The zero-order chi connectivity index (χ0) is 28.8. The molecule has 0 aliphatic carbocycles. The van der Waals surface area contributed by atoms with Crippen LogP contribution in [0.3, 0.4) is 0 Å². The number of hydrogen-bond donors (Lipinski definition) is 1. The fourth-order valence-electron chi connectivity index (χ4n) is 4.12. The van der Waals surface area contributed by atoms with E-state index in [1.165, 1.54) is 17.0 Å². The zero-order valence-corrected chi connectivity index (χ0v) is 23.8. The number of hydrogen-bond acceptors (Lipinski definition) is 4. The average Bonchev–Trinajstić information content (AvgIpc) is 2.85. The number of sulfonamides is 1. The summed E-state index contributed by atoms with van der Waals surface area (Å²) in [5.41, 5.74) is 2.29. The van der Waals surface area contributed by atoms with Gasteiger partial charge in [-0.1, -0.05) is 60.2 Å². The lowest BCUT2D eigenvalue weighted by Crippen LogP contribution is -2.56. The highest BCUT2D eigenvalue weighted by atomic mass is 32.2. The lowest BCUT2D eigenvalue weighted by atomic mass is 10.0. The molecule has 0 aromatic heterocycles. The molecule has 0 heterocycles. The Bertz CT molecular complexity index is 1370. The minimum atomic E-state index is -3.91. The van der Waals surface area contributed by atoms with Gasteiger partial charge in [-0.15, -0.1) is 0 Å². The maximum absolute atomic E-state index is 14.0. The van der Waals surface area contributed by atoms with E-state index >= 15 is 0 Å². The normalized spacial score (nSPS) is 12.5. The van der Waals surface area contributed by atoms with Gasteiger partial charge in [-0.2, -0.15) is 0 Å². The Balaban J connectivity index is 2.06. The van der Waals surface area contributed by atoms with Gasteiger partial charge in [-0.05, 0) is 63.1 Å². The molecule has 0 radical (unpaired) electrons. The quantitative estimate of drug-likeness (QED) is 0.402. The highest BCUT2D eigenvalue weighted by Gasteiger charge is 2.34. The fraction of sp³-hybridized carbons (Fsp3) is 0.333. The van der Waals surface area contributed by atoms with Crippen LogP contribution in [0.5, 0.6) is 0 Å². The van der Waals surface area contributed by atoms with Gasteiger partial charge in [0.1, 0.15) is 18.4 Å². The number of aryl methyl sites for hydroxylation is 1. The lowest BCUT2D eigenvalue weighted by Gasteiger charge is -2.35. The van der Waals surface area contributed by atoms with Crippen molar-refractivity contribution in [2.75, 3.05) is 17.1 Å². The molecule has 0 unspecified atom stereocenters. The standard InChI is InChI=1S/C30H36FN3O4S/c1-22-11-13-24(14-12-22)20-33(27(29(36)32-30(2,3)4)19-23-9-7-6-8-10-23)28(35)21-34(39(5,37)38)26-17-15-25(31)16-18-26/h6-18,27H,19-21H2,1-5H3,(H,32,36)/t27-/m0/s1. The van der Waals surface area contributed by atoms with E-state index in [1.54, 1.807) is 0 Å². The molecule has 0 saturated heterocycles. The van der Waals surface area contributed by atoms with E-state index in [2.05, 4.69) is 5.32 Å². The van der Waals surface area contributed by atoms with Crippen LogP contribution in [0, 0.1) is 12.7 Å². The molecule has 0 saturated carbocycles. The number of nitrogens with one attached hydrogen (secondary N) is 1. The van der Waals surface area contributed by atoms with E-state index in [0.29, 0.717) is 0 Å². The second-order valence-corrected chi connectivity index (χ2v) is 12.6. The van der Waals surface area contributed by atoms with Crippen molar-refractivity contribution in [2.45, 2.75) is 52.2 Å². The van der Waals surface area contributed by atoms with Gasteiger partial charge in [0.05, 0.1) is 11.9 Å². The Hall–Kier alpha value is -3.72. The molecule has 208 valence electrons. The van der Waals surface area contributed by atoms with Crippen molar-refractivity contribution in [2.24, 2.45) is 0 Å². The molecule has 3 aromatic carbocycles. The molecule has 9 heteroatoms. The first kappa shape index (κ1) is 29.8. The van der Waals surface area contributed by atoms with Crippen molar-refractivity contribution in [1.82, 2.24) is 10.2 Å². The highest BCUT2D eigenvalue weighted by molar-refractivity contribution is 7.92. The summed E-state index contributed by atoms with van der Waals surface area (Å²) in [6, 6.07) is 20.9. The largest absolute Gasteiger partial charge is 0.350 e. The van der Waals surface area contributed by atoms with Crippen LogP contribution < -0.4 is 9.62 Å². The molecule has 7 nitrogen and oxygen atoms in total. The van der Waals surface area contributed by atoms with Gasteiger partial charge in [-0.3, -0.25) is 13.9 Å². The maximum Gasteiger partial charge on any atom is 0.244 e. The predicted molar refractivity (Wildman–Crippen MR) is 152 cm³/mol. The number of benzene rings is 3. The summed E-state index contributed by atoms with van der Waals surface area (Å²) in [6.45, 7) is 7.07. The molecule has 0 spiro atoms. The summed E-state index contributed by atoms with van der Waals surface area (Å²) in [4.78, 5) is 29.1. The van der Waals surface area contributed by atoms with Gasteiger partial charge in [0.25, 0.3) is 0 Å². The summed E-state index contributed by atoms with van der Waals surface area (Å²) < 4.78 is 40.0. The van der Waals surface area contributed by atoms with Crippen molar-refractivity contribution >= 4 is 27.5 Å². The molecule has 1 atom stereocenters. The number of nitrogens with zero attached hydrogens (tertiary/aromatic N) is 2. The van der Waals surface area contributed by atoms with Crippen LogP contribution in [0.15, 0.2) is 78.9 Å². The zero-order valence-electron chi connectivity index (χ0n) is 23.0. The van der Waals surface area contributed by atoms with E-state index in [0.717, 1.165) is 39.4 Å². The smallest absolute Gasteiger partial charge is 0.244 e. The summed E-state index contributed by atoms with van der Waals surface area (Å²) in [7, 11) is -3.91. The van der Waals surface area contributed by atoms with Crippen molar-refractivity contribution in [3.63, 3.8) is 0 Å². The van der Waals surface area contributed by atoms with E-state index in [-0.39, 0.29) is 24.6 Å². The van der Waals surface area contributed by atoms with Gasteiger partial charge < -0.3 is 10.2 Å². The van der Waals surface area contributed by atoms with Gasteiger partial charge >= 0.3 is 0 Å². The molecule has 1 N–H and O–H groups in total. The first-order valence-electron chi connectivity index (χ1n) is 12.7. The van der Waals surface area contributed by atoms with Crippen LogP contribution in [-0.2, 0) is 32.6 Å². The van der Waals surface area contributed by atoms with Crippen LogP contribution in [0.4, 0.5) is 10.1 Å². The maximum atomic E-state index is 14.0. The van der Waals surface area contributed by atoms with Crippen LogP contribution in [0.1, 0.15) is 37.5 Å². The number of carbonyl (C=O) groups is 2. The fourth-order valence-corrected chi connectivity index (χ4v) is 4.97. The summed E-state index contributed by atoms with van der Waals surface area (Å²) >= 11 is 0. The SMILES string of the molecule is Cc1ccc(CN(C(=O)CN(c2ccc(F)cc2)S(C)(=O)=O)[C@@H](Cc2ccccc2)C(=O)NC(C)(C)C)cc1.